The molecule has 0 saturated heterocycles. The van der Waals surface area contributed by atoms with Crippen LogP contribution in [0.2, 0.25) is 0 Å². The van der Waals surface area contributed by atoms with Crippen LogP contribution in [-0.4, -0.2) is 21.3 Å². The molecule has 1 aliphatic rings. The smallest absolute Gasteiger partial charge is 0.216 e. The Morgan fingerprint density at radius 2 is 0.833 bits per heavy atom. The standard InChI is InChI=1S/C4Cl3F5/c5-1(8)2(6,9)4(11,12)3(1,7)10. The van der Waals surface area contributed by atoms with Crippen LogP contribution in [0.15, 0.2) is 0 Å². The third-order valence-corrected chi connectivity index (χ3v) is 3.29. The molecule has 8 heteroatoms. The second-order valence-electron chi connectivity index (χ2n) is 2.30. The van der Waals surface area contributed by atoms with Gasteiger partial charge in [0.05, 0.1) is 0 Å². The maximum Gasteiger partial charge on any atom is 0.351 e. The van der Waals surface area contributed by atoms with Gasteiger partial charge in [-0.3, -0.25) is 0 Å². The maximum absolute atomic E-state index is 12.5. The number of halogens is 8. The molecule has 0 heterocycles. The largest absolute Gasteiger partial charge is 0.351 e. The van der Waals surface area contributed by atoms with Crippen LogP contribution in [0.3, 0.4) is 0 Å². The summed E-state index contributed by atoms with van der Waals surface area (Å²) in [7, 11) is 0. The summed E-state index contributed by atoms with van der Waals surface area (Å²) in [5.74, 6) is -4.86. The van der Waals surface area contributed by atoms with Crippen molar-refractivity contribution in [2.45, 2.75) is 21.3 Å². The van der Waals surface area contributed by atoms with Gasteiger partial charge < -0.3 is 0 Å². The minimum atomic E-state index is -4.86. The molecule has 0 spiro atoms. The molecule has 0 N–H and O–H groups in total. The zero-order valence-corrected chi connectivity index (χ0v) is 7.29. The summed E-state index contributed by atoms with van der Waals surface area (Å²) in [5, 5.41) is -12.8. The zero-order chi connectivity index (χ0) is 10.0. The fraction of sp³-hybridized carbons (Fsp3) is 1.00. The van der Waals surface area contributed by atoms with E-state index in [0.29, 0.717) is 0 Å². The monoisotopic (exact) mass is 248 g/mol. The number of alkyl halides is 8. The second-order valence-corrected chi connectivity index (χ2v) is 3.86. The molecule has 2 atom stereocenters. The van der Waals surface area contributed by atoms with Crippen LogP contribution in [-0.2, 0) is 0 Å². The van der Waals surface area contributed by atoms with Gasteiger partial charge in [-0.25, -0.2) is 13.2 Å². The summed E-state index contributed by atoms with van der Waals surface area (Å²) in [4.78, 5) is 0. The van der Waals surface area contributed by atoms with E-state index in [1.807, 2.05) is 0 Å². The average molecular weight is 249 g/mol. The van der Waals surface area contributed by atoms with Crippen molar-refractivity contribution in [3.63, 3.8) is 0 Å². The van der Waals surface area contributed by atoms with E-state index in [1.54, 1.807) is 0 Å². The van der Waals surface area contributed by atoms with E-state index in [2.05, 4.69) is 34.8 Å². The van der Waals surface area contributed by atoms with Gasteiger partial charge in [-0.2, -0.15) is 8.78 Å². The van der Waals surface area contributed by atoms with E-state index in [1.165, 1.54) is 0 Å². The Labute approximate surface area is 78.6 Å². The topological polar surface area (TPSA) is 0 Å². The van der Waals surface area contributed by atoms with Crippen molar-refractivity contribution in [3.8, 4) is 0 Å². The van der Waals surface area contributed by atoms with Crippen molar-refractivity contribution in [2.24, 2.45) is 0 Å². The molecule has 1 saturated carbocycles. The van der Waals surface area contributed by atoms with Gasteiger partial charge in [0.15, 0.2) is 0 Å². The highest BCUT2D eigenvalue weighted by molar-refractivity contribution is 6.43. The van der Waals surface area contributed by atoms with Crippen LogP contribution in [0.5, 0.6) is 0 Å². The Morgan fingerprint density at radius 1 is 0.583 bits per heavy atom. The molecule has 0 bridgehead atoms. The molecule has 0 nitrogen and oxygen atoms in total. The lowest BCUT2D eigenvalue weighted by atomic mass is 9.85. The summed E-state index contributed by atoms with van der Waals surface area (Å²) in [5.41, 5.74) is 0. The van der Waals surface area contributed by atoms with Gasteiger partial charge in [-0.05, 0) is 0 Å². The van der Waals surface area contributed by atoms with Crippen LogP contribution in [0.25, 0.3) is 0 Å². The van der Waals surface area contributed by atoms with E-state index >= 15 is 0 Å². The molecule has 72 valence electrons. The number of rotatable bonds is 0. The lowest BCUT2D eigenvalue weighted by molar-refractivity contribution is -0.301. The first kappa shape index (κ1) is 10.6. The Balaban J connectivity index is 3.16. The lowest BCUT2D eigenvalue weighted by Gasteiger charge is -2.53. The normalized spacial score (nSPS) is 58.0. The Bertz CT molecular complexity index is 159. The van der Waals surface area contributed by atoms with Gasteiger partial charge in [0.2, 0.25) is 0 Å². The van der Waals surface area contributed by atoms with Crippen LogP contribution < -0.4 is 0 Å². The molecule has 1 fully saturated rings. The summed E-state index contributed by atoms with van der Waals surface area (Å²) >= 11 is 13.1. The first-order chi connectivity index (χ1) is 5.00. The number of hydrogen-bond donors (Lipinski definition) is 0. The van der Waals surface area contributed by atoms with Crippen molar-refractivity contribution in [3.05, 3.63) is 0 Å². The highest BCUT2D eigenvalue weighted by Gasteiger charge is 2.96. The molecule has 1 aliphatic carbocycles. The molecular formula is C4Cl3F5. The fourth-order valence-electron chi connectivity index (χ4n) is 0.726. The van der Waals surface area contributed by atoms with E-state index in [0.717, 1.165) is 0 Å². The van der Waals surface area contributed by atoms with Crippen LogP contribution in [0.4, 0.5) is 22.0 Å². The first-order valence-corrected chi connectivity index (χ1v) is 3.65. The van der Waals surface area contributed by atoms with Crippen molar-refractivity contribution < 1.29 is 22.0 Å². The third kappa shape index (κ3) is 0.715. The van der Waals surface area contributed by atoms with Crippen molar-refractivity contribution in [2.75, 3.05) is 0 Å². The SMILES string of the molecule is FC1(F)C(F)(Cl)C(F)(Cl)C1(F)Cl. The molecule has 0 amide bonds. The highest BCUT2D eigenvalue weighted by Crippen LogP contribution is 2.72. The van der Waals surface area contributed by atoms with Gasteiger partial charge in [0.25, 0.3) is 5.13 Å². The van der Waals surface area contributed by atoms with Gasteiger partial charge in [0, 0.05) is 0 Å². The lowest BCUT2D eigenvalue weighted by Crippen LogP contribution is -2.81. The van der Waals surface area contributed by atoms with Crippen LogP contribution >= 0.6 is 34.8 Å². The molecule has 0 aromatic carbocycles. The van der Waals surface area contributed by atoms with E-state index < -0.39 is 21.3 Å². The van der Waals surface area contributed by atoms with E-state index in [9.17, 15) is 22.0 Å². The fourth-order valence-corrected chi connectivity index (χ4v) is 1.58. The molecule has 0 aliphatic heterocycles. The van der Waals surface area contributed by atoms with Gasteiger partial charge in [0.1, 0.15) is 0 Å². The molecule has 2 unspecified atom stereocenters. The third-order valence-electron chi connectivity index (χ3n) is 1.58. The van der Waals surface area contributed by atoms with Crippen LogP contribution in [0, 0.1) is 0 Å². The quantitative estimate of drug-likeness (QED) is 0.456. The summed E-state index contributed by atoms with van der Waals surface area (Å²) in [6.45, 7) is 0. The molecular weight excluding hydrogens is 249 g/mol. The average Bonchev–Trinajstić information content (AvgIpc) is 1.84. The molecule has 12 heavy (non-hydrogen) atoms. The Morgan fingerprint density at radius 3 is 0.917 bits per heavy atom. The minimum absolute atomic E-state index is 4.13. The predicted octanol–water partition coefficient (Wildman–Crippen LogP) is 3.35. The zero-order valence-electron chi connectivity index (χ0n) is 5.02. The van der Waals surface area contributed by atoms with Crippen molar-refractivity contribution >= 4 is 34.8 Å². The van der Waals surface area contributed by atoms with Crippen molar-refractivity contribution in [1.82, 2.24) is 0 Å². The summed E-state index contributed by atoms with van der Waals surface area (Å²) in [6.07, 6.45) is 0. The maximum atomic E-state index is 12.5. The molecule has 0 radical (unpaired) electrons. The van der Waals surface area contributed by atoms with Gasteiger partial charge in [-0.1, -0.05) is 34.8 Å². The molecule has 1 rings (SSSR count). The van der Waals surface area contributed by atoms with E-state index in [4.69, 9.17) is 0 Å². The highest BCUT2D eigenvalue weighted by atomic mass is 35.5. The number of hydrogen-bond acceptors (Lipinski definition) is 0. The van der Waals surface area contributed by atoms with Gasteiger partial charge in [-0.15, -0.1) is 0 Å². The summed E-state index contributed by atoms with van der Waals surface area (Å²) < 4.78 is 61.9. The van der Waals surface area contributed by atoms with Crippen molar-refractivity contribution in [1.29, 1.82) is 0 Å². The van der Waals surface area contributed by atoms with E-state index in [-0.39, 0.29) is 0 Å². The second kappa shape index (κ2) is 2.12. The minimum Gasteiger partial charge on any atom is -0.216 e. The predicted molar refractivity (Wildman–Crippen MR) is 34.0 cm³/mol. The first-order valence-electron chi connectivity index (χ1n) is 2.51. The summed E-state index contributed by atoms with van der Waals surface area (Å²) in [6, 6.07) is 0. The van der Waals surface area contributed by atoms with Crippen LogP contribution in [0.1, 0.15) is 0 Å². The Kier molecular flexibility index (Phi) is 1.87. The van der Waals surface area contributed by atoms with Gasteiger partial charge >= 0.3 is 16.2 Å². The Hall–Kier alpha value is 0.520. The molecule has 0 aromatic rings. The molecule has 0 aromatic heterocycles.